The number of carbonyl (C=O) groups excluding carboxylic acids is 1. The van der Waals surface area contributed by atoms with Crippen molar-refractivity contribution in [2.45, 2.75) is 38.1 Å². The van der Waals surface area contributed by atoms with Gasteiger partial charge in [-0.25, -0.2) is 0 Å². The molecular weight excluding hydrogens is 304 g/mol. The van der Waals surface area contributed by atoms with E-state index in [9.17, 15) is 4.79 Å². The molecule has 1 fully saturated rings. The second-order valence-corrected chi connectivity index (χ2v) is 6.31. The third-order valence-corrected chi connectivity index (χ3v) is 4.26. The lowest BCUT2D eigenvalue weighted by atomic mass is 9.96. The Balaban J connectivity index is 1.92. The number of benzene rings is 1. The number of piperidine rings is 1. The quantitative estimate of drug-likeness (QED) is 0.929. The van der Waals surface area contributed by atoms with Gasteiger partial charge in [0.1, 0.15) is 0 Å². The summed E-state index contributed by atoms with van der Waals surface area (Å²) in [4.78, 5) is 14.2. The SMILES string of the molecule is CC(CC(=O)N1CCCC(N)C1)c1ccc(Br)cc1. The highest BCUT2D eigenvalue weighted by atomic mass is 79.9. The summed E-state index contributed by atoms with van der Waals surface area (Å²) < 4.78 is 1.07. The van der Waals surface area contributed by atoms with Crippen LogP contribution in [0.15, 0.2) is 28.7 Å². The maximum Gasteiger partial charge on any atom is 0.223 e. The molecule has 1 aromatic rings. The minimum Gasteiger partial charge on any atom is -0.341 e. The molecule has 2 rings (SSSR count). The molecule has 104 valence electrons. The number of rotatable bonds is 3. The molecule has 2 N–H and O–H groups in total. The standard InChI is InChI=1S/C15H21BrN2O/c1-11(12-4-6-13(16)7-5-12)9-15(19)18-8-2-3-14(17)10-18/h4-7,11,14H,2-3,8-10,17H2,1H3. The van der Waals surface area contributed by atoms with E-state index in [-0.39, 0.29) is 17.9 Å². The van der Waals surface area contributed by atoms with Gasteiger partial charge in [-0.15, -0.1) is 0 Å². The van der Waals surface area contributed by atoms with Crippen LogP contribution in [0.5, 0.6) is 0 Å². The molecule has 4 heteroatoms. The second-order valence-electron chi connectivity index (χ2n) is 5.40. The zero-order valence-corrected chi connectivity index (χ0v) is 12.9. The van der Waals surface area contributed by atoms with Gasteiger partial charge in [0.25, 0.3) is 0 Å². The minimum atomic E-state index is 0.153. The molecule has 0 spiro atoms. The summed E-state index contributed by atoms with van der Waals surface area (Å²) in [6.45, 7) is 3.68. The van der Waals surface area contributed by atoms with Crippen molar-refractivity contribution in [3.8, 4) is 0 Å². The van der Waals surface area contributed by atoms with E-state index in [1.165, 1.54) is 5.56 Å². The average Bonchev–Trinajstić information content (AvgIpc) is 2.39. The summed E-state index contributed by atoms with van der Waals surface area (Å²) in [5.41, 5.74) is 7.13. The van der Waals surface area contributed by atoms with E-state index >= 15 is 0 Å². The first-order valence-electron chi connectivity index (χ1n) is 6.85. The van der Waals surface area contributed by atoms with Gasteiger partial charge in [-0.3, -0.25) is 4.79 Å². The third kappa shape index (κ3) is 4.05. The van der Waals surface area contributed by atoms with Crippen molar-refractivity contribution in [3.63, 3.8) is 0 Å². The summed E-state index contributed by atoms with van der Waals surface area (Å²) in [5, 5.41) is 0. The van der Waals surface area contributed by atoms with Gasteiger partial charge in [-0.2, -0.15) is 0 Å². The molecular formula is C15H21BrN2O. The molecule has 1 amide bonds. The number of nitrogens with zero attached hydrogens (tertiary/aromatic N) is 1. The summed E-state index contributed by atoms with van der Waals surface area (Å²) in [6, 6.07) is 8.34. The first kappa shape index (κ1) is 14.5. The van der Waals surface area contributed by atoms with E-state index in [1.54, 1.807) is 0 Å². The lowest BCUT2D eigenvalue weighted by molar-refractivity contribution is -0.132. The fourth-order valence-corrected chi connectivity index (χ4v) is 2.80. The Morgan fingerprint density at radius 2 is 2.16 bits per heavy atom. The van der Waals surface area contributed by atoms with Crippen LogP contribution in [0.4, 0.5) is 0 Å². The number of nitrogens with two attached hydrogens (primary N) is 1. The van der Waals surface area contributed by atoms with E-state index in [4.69, 9.17) is 5.73 Å². The topological polar surface area (TPSA) is 46.3 Å². The molecule has 1 aliphatic heterocycles. The van der Waals surface area contributed by atoms with Crippen molar-refractivity contribution in [2.24, 2.45) is 5.73 Å². The van der Waals surface area contributed by atoms with Gasteiger partial charge < -0.3 is 10.6 Å². The van der Waals surface area contributed by atoms with Gasteiger partial charge in [0, 0.05) is 30.0 Å². The Morgan fingerprint density at radius 3 is 2.79 bits per heavy atom. The van der Waals surface area contributed by atoms with E-state index in [2.05, 4.69) is 35.0 Å². The number of hydrogen-bond acceptors (Lipinski definition) is 2. The zero-order chi connectivity index (χ0) is 13.8. The van der Waals surface area contributed by atoms with Crippen LogP contribution in [0.1, 0.15) is 37.7 Å². The smallest absolute Gasteiger partial charge is 0.223 e. The van der Waals surface area contributed by atoms with Crippen molar-refractivity contribution in [3.05, 3.63) is 34.3 Å². The largest absolute Gasteiger partial charge is 0.341 e. The van der Waals surface area contributed by atoms with Gasteiger partial charge in [0.2, 0.25) is 5.91 Å². The Bertz CT molecular complexity index is 432. The maximum absolute atomic E-state index is 12.3. The summed E-state index contributed by atoms with van der Waals surface area (Å²) in [7, 11) is 0. The van der Waals surface area contributed by atoms with Crippen LogP contribution in [0, 0.1) is 0 Å². The highest BCUT2D eigenvalue weighted by Gasteiger charge is 2.22. The van der Waals surface area contributed by atoms with Crippen LogP contribution < -0.4 is 5.73 Å². The second kappa shape index (κ2) is 6.53. The molecule has 2 unspecified atom stereocenters. The molecule has 0 bridgehead atoms. The van der Waals surface area contributed by atoms with Crippen LogP contribution in [-0.2, 0) is 4.79 Å². The zero-order valence-electron chi connectivity index (χ0n) is 11.3. The number of likely N-dealkylation sites (tertiary alicyclic amines) is 1. The molecule has 0 aromatic heterocycles. The number of hydrogen-bond donors (Lipinski definition) is 1. The van der Waals surface area contributed by atoms with Crippen LogP contribution in [0.25, 0.3) is 0 Å². The summed E-state index contributed by atoms with van der Waals surface area (Å²) in [5.74, 6) is 0.476. The van der Waals surface area contributed by atoms with Crippen molar-refractivity contribution in [1.29, 1.82) is 0 Å². The Morgan fingerprint density at radius 1 is 1.47 bits per heavy atom. The molecule has 3 nitrogen and oxygen atoms in total. The molecule has 1 aromatic carbocycles. The van der Waals surface area contributed by atoms with Gasteiger partial charge in [0.15, 0.2) is 0 Å². The monoisotopic (exact) mass is 324 g/mol. The molecule has 0 saturated carbocycles. The van der Waals surface area contributed by atoms with Gasteiger partial charge in [-0.05, 0) is 36.5 Å². The van der Waals surface area contributed by atoms with Gasteiger partial charge >= 0.3 is 0 Å². The highest BCUT2D eigenvalue weighted by Crippen LogP contribution is 2.23. The molecule has 1 heterocycles. The number of halogens is 1. The predicted octanol–water partition coefficient (Wildman–Crippen LogP) is 2.89. The fourth-order valence-electron chi connectivity index (χ4n) is 2.54. The number of carbonyl (C=O) groups is 1. The average molecular weight is 325 g/mol. The van der Waals surface area contributed by atoms with E-state index < -0.39 is 0 Å². The molecule has 2 atom stereocenters. The normalized spacial score (nSPS) is 21.2. The lowest BCUT2D eigenvalue weighted by Gasteiger charge is -2.31. The molecule has 0 aliphatic carbocycles. The first-order valence-corrected chi connectivity index (χ1v) is 7.64. The maximum atomic E-state index is 12.3. The van der Waals surface area contributed by atoms with E-state index in [0.717, 1.165) is 23.9 Å². The Kier molecular flexibility index (Phi) is 4.99. The predicted molar refractivity (Wildman–Crippen MR) is 81.0 cm³/mol. The molecule has 19 heavy (non-hydrogen) atoms. The third-order valence-electron chi connectivity index (χ3n) is 3.73. The molecule has 0 radical (unpaired) electrons. The first-order chi connectivity index (χ1) is 9.06. The van der Waals surface area contributed by atoms with E-state index in [0.29, 0.717) is 13.0 Å². The highest BCUT2D eigenvalue weighted by molar-refractivity contribution is 9.10. The fraction of sp³-hybridized carbons (Fsp3) is 0.533. The van der Waals surface area contributed by atoms with Crippen molar-refractivity contribution >= 4 is 21.8 Å². The number of amides is 1. The van der Waals surface area contributed by atoms with Crippen molar-refractivity contribution in [1.82, 2.24) is 4.90 Å². The van der Waals surface area contributed by atoms with Gasteiger partial charge in [0.05, 0.1) is 0 Å². The van der Waals surface area contributed by atoms with Crippen LogP contribution in [0.2, 0.25) is 0 Å². The summed E-state index contributed by atoms with van der Waals surface area (Å²) in [6.07, 6.45) is 2.62. The Hall–Kier alpha value is -0.870. The van der Waals surface area contributed by atoms with Crippen LogP contribution >= 0.6 is 15.9 Å². The molecule has 1 aliphatic rings. The van der Waals surface area contributed by atoms with Gasteiger partial charge in [-0.1, -0.05) is 35.0 Å². The lowest BCUT2D eigenvalue weighted by Crippen LogP contribution is -2.45. The van der Waals surface area contributed by atoms with E-state index in [1.807, 2.05) is 17.0 Å². The Labute approximate surface area is 123 Å². The minimum absolute atomic E-state index is 0.153. The van der Waals surface area contributed by atoms with Crippen LogP contribution in [0.3, 0.4) is 0 Å². The molecule has 1 saturated heterocycles. The van der Waals surface area contributed by atoms with Crippen LogP contribution in [-0.4, -0.2) is 29.9 Å². The van der Waals surface area contributed by atoms with Crippen molar-refractivity contribution in [2.75, 3.05) is 13.1 Å². The summed E-state index contributed by atoms with van der Waals surface area (Å²) >= 11 is 3.43. The van der Waals surface area contributed by atoms with Crippen molar-refractivity contribution < 1.29 is 4.79 Å².